The number of aromatic hydroxyl groups is 1. The van der Waals surface area contributed by atoms with Gasteiger partial charge in [-0.05, 0) is 29.2 Å². The third-order valence-electron chi connectivity index (χ3n) is 6.11. The predicted octanol–water partition coefficient (Wildman–Crippen LogP) is -0.987. The number of nitrogens with zero attached hydrogens (tertiary/aromatic N) is 2. The number of fused-ring (bicyclic) bond motifs is 1. The molecule has 0 unspecified atom stereocenters. The van der Waals surface area contributed by atoms with Gasteiger partial charge in [0.05, 0.1) is 12.1 Å². The van der Waals surface area contributed by atoms with Gasteiger partial charge in [-0.3, -0.25) is 23.9 Å². The second kappa shape index (κ2) is 13.6. The summed E-state index contributed by atoms with van der Waals surface area (Å²) in [5, 5.41) is 35.6. The zero-order chi connectivity index (χ0) is 30.1. The molecule has 0 spiro atoms. The van der Waals surface area contributed by atoms with Crippen LogP contribution in [0.3, 0.4) is 0 Å². The van der Waals surface area contributed by atoms with Crippen molar-refractivity contribution in [3.63, 3.8) is 0 Å². The lowest BCUT2D eigenvalue weighted by molar-refractivity contribution is -0.143. The topological polar surface area (TPSA) is 255 Å². The van der Waals surface area contributed by atoms with Crippen molar-refractivity contribution in [2.45, 2.75) is 44.3 Å². The lowest BCUT2D eigenvalue weighted by atomic mass is 10.0. The molecule has 0 saturated carbocycles. The van der Waals surface area contributed by atoms with E-state index in [2.05, 4.69) is 20.6 Å². The summed E-state index contributed by atoms with van der Waals surface area (Å²) in [6.07, 6.45) is -0.394. The summed E-state index contributed by atoms with van der Waals surface area (Å²) in [5.74, 6) is -5.42. The van der Waals surface area contributed by atoms with Crippen molar-refractivity contribution in [2.24, 2.45) is 16.5 Å². The van der Waals surface area contributed by atoms with Gasteiger partial charge in [0.1, 0.15) is 18.6 Å². The van der Waals surface area contributed by atoms with Crippen LogP contribution in [0.1, 0.15) is 24.1 Å². The summed E-state index contributed by atoms with van der Waals surface area (Å²) in [7, 11) is 0. The fourth-order valence-corrected chi connectivity index (χ4v) is 4.14. The number of nitrogens with two attached hydrogens (primary N) is 2. The Hall–Kier alpha value is -5.34. The van der Waals surface area contributed by atoms with Crippen LogP contribution in [0, 0.1) is 0 Å². The van der Waals surface area contributed by atoms with Gasteiger partial charge in [0, 0.05) is 13.0 Å². The van der Waals surface area contributed by atoms with Gasteiger partial charge in [0.2, 0.25) is 17.7 Å². The number of imidazole rings is 1. The number of hydrogen-bond acceptors (Lipinski definition) is 7. The standard InChI is InChI=1S/C26H31N7O8/c27-25(28)29-9-3-6-17-23(38)33(26(41)32-17)13-20(34)30-18(12-21(35)36)22(37)31-19(24(39)40)11-14-7-8-15-4-1-2-5-16(15)10-14/h1-2,4-5,7-8,10,18-19,38H,3,6,9,11-13H2,(H,30,34)(H,31,37)(H,32,41)(H,35,36)(H,39,40)(H4,27,28,29)/t18-,19-/m0/s1. The first-order chi connectivity index (χ1) is 19.4. The number of carboxylic acid groups (broad SMARTS) is 2. The molecule has 1 heterocycles. The summed E-state index contributed by atoms with van der Waals surface area (Å²) in [5.41, 5.74) is 10.4. The van der Waals surface area contributed by atoms with Crippen molar-refractivity contribution in [3.05, 3.63) is 64.2 Å². The molecule has 0 saturated heterocycles. The number of nitrogens with one attached hydrogen (secondary N) is 3. The van der Waals surface area contributed by atoms with E-state index in [0.29, 0.717) is 16.6 Å². The largest absolute Gasteiger partial charge is 0.493 e. The number of aromatic amines is 1. The highest BCUT2D eigenvalue weighted by Crippen LogP contribution is 2.17. The number of aliphatic imine (C=N–C) groups is 1. The van der Waals surface area contributed by atoms with Crippen molar-refractivity contribution in [3.8, 4) is 5.88 Å². The fraction of sp³-hybridized carbons (Fsp3) is 0.308. The number of hydrogen-bond donors (Lipinski definition) is 8. The van der Waals surface area contributed by atoms with Gasteiger partial charge in [-0.2, -0.15) is 0 Å². The highest BCUT2D eigenvalue weighted by atomic mass is 16.4. The maximum absolute atomic E-state index is 12.9. The van der Waals surface area contributed by atoms with Crippen molar-refractivity contribution in [1.29, 1.82) is 0 Å². The number of aryl methyl sites for hydroxylation is 1. The molecule has 2 atom stereocenters. The minimum absolute atomic E-state index is 0.0990. The summed E-state index contributed by atoms with van der Waals surface area (Å²) in [4.78, 5) is 67.4. The van der Waals surface area contributed by atoms with Gasteiger partial charge in [0.15, 0.2) is 5.96 Å². The molecular weight excluding hydrogens is 538 g/mol. The number of guanidine groups is 1. The fourth-order valence-electron chi connectivity index (χ4n) is 4.14. The quantitative estimate of drug-likeness (QED) is 0.0668. The number of rotatable bonds is 14. The Bertz CT molecular complexity index is 1520. The third kappa shape index (κ3) is 8.58. The Morgan fingerprint density at radius 2 is 1.71 bits per heavy atom. The van der Waals surface area contributed by atoms with E-state index in [1.54, 1.807) is 12.1 Å². The van der Waals surface area contributed by atoms with E-state index in [-0.39, 0.29) is 31.0 Å². The van der Waals surface area contributed by atoms with E-state index in [4.69, 9.17) is 11.5 Å². The lowest BCUT2D eigenvalue weighted by Gasteiger charge is -2.21. The van der Waals surface area contributed by atoms with E-state index in [1.807, 2.05) is 30.3 Å². The van der Waals surface area contributed by atoms with Crippen LogP contribution in [0.15, 0.2) is 52.3 Å². The lowest BCUT2D eigenvalue weighted by Crippen LogP contribution is -2.53. The van der Waals surface area contributed by atoms with E-state index < -0.39 is 60.4 Å². The average molecular weight is 570 g/mol. The maximum Gasteiger partial charge on any atom is 0.329 e. The van der Waals surface area contributed by atoms with Crippen molar-refractivity contribution in [1.82, 2.24) is 20.2 Å². The number of aromatic nitrogens is 2. The number of amides is 2. The van der Waals surface area contributed by atoms with Crippen molar-refractivity contribution >= 4 is 40.5 Å². The smallest absolute Gasteiger partial charge is 0.329 e. The van der Waals surface area contributed by atoms with E-state index >= 15 is 0 Å². The molecule has 0 aliphatic heterocycles. The first-order valence-electron chi connectivity index (χ1n) is 12.5. The Labute approximate surface area is 232 Å². The molecule has 10 N–H and O–H groups in total. The molecule has 1 aromatic heterocycles. The minimum Gasteiger partial charge on any atom is -0.493 e. The third-order valence-corrected chi connectivity index (χ3v) is 6.11. The van der Waals surface area contributed by atoms with E-state index in [1.165, 1.54) is 0 Å². The highest BCUT2D eigenvalue weighted by molar-refractivity contribution is 5.93. The number of benzene rings is 2. The zero-order valence-electron chi connectivity index (χ0n) is 21.9. The maximum atomic E-state index is 12.9. The number of carbonyl (C=O) groups excluding carboxylic acids is 2. The molecule has 15 heteroatoms. The molecule has 2 aromatic carbocycles. The number of aliphatic carboxylic acids is 2. The molecule has 0 bridgehead atoms. The normalized spacial score (nSPS) is 12.3. The molecular formula is C26H31N7O8. The first-order valence-corrected chi connectivity index (χ1v) is 12.5. The molecule has 2 amide bonds. The van der Waals surface area contributed by atoms with Crippen LogP contribution in [0.25, 0.3) is 10.8 Å². The van der Waals surface area contributed by atoms with Crippen LogP contribution in [-0.2, 0) is 38.6 Å². The van der Waals surface area contributed by atoms with Crippen LogP contribution >= 0.6 is 0 Å². The van der Waals surface area contributed by atoms with Crippen LogP contribution < -0.4 is 27.8 Å². The number of carboxylic acids is 2. The molecule has 0 fully saturated rings. The predicted molar refractivity (Wildman–Crippen MR) is 147 cm³/mol. The van der Waals surface area contributed by atoms with Crippen molar-refractivity contribution < 1.29 is 34.5 Å². The molecule has 3 aromatic rings. The molecule has 218 valence electrons. The summed E-state index contributed by atoms with van der Waals surface area (Å²) >= 11 is 0. The number of carbonyl (C=O) groups is 4. The van der Waals surface area contributed by atoms with Gasteiger partial charge < -0.3 is 42.4 Å². The Balaban J connectivity index is 1.68. The summed E-state index contributed by atoms with van der Waals surface area (Å²) < 4.78 is 0.709. The van der Waals surface area contributed by atoms with Crippen molar-refractivity contribution in [2.75, 3.05) is 6.54 Å². The van der Waals surface area contributed by atoms with Crippen LogP contribution in [0.4, 0.5) is 0 Å². The van der Waals surface area contributed by atoms with Gasteiger partial charge in [-0.15, -0.1) is 0 Å². The summed E-state index contributed by atoms with van der Waals surface area (Å²) in [6.45, 7) is -0.502. The molecule has 41 heavy (non-hydrogen) atoms. The molecule has 0 aliphatic carbocycles. The van der Waals surface area contributed by atoms with Gasteiger partial charge >= 0.3 is 17.6 Å². The van der Waals surface area contributed by atoms with E-state index in [0.717, 1.165) is 10.8 Å². The minimum atomic E-state index is -1.66. The Kier molecular flexibility index (Phi) is 10.0. The molecule has 0 aliphatic rings. The molecule has 3 rings (SSSR count). The second-order valence-electron chi connectivity index (χ2n) is 9.23. The second-order valence-corrected chi connectivity index (χ2v) is 9.23. The molecule has 0 radical (unpaired) electrons. The zero-order valence-corrected chi connectivity index (χ0v) is 21.9. The molecule has 15 nitrogen and oxygen atoms in total. The Morgan fingerprint density at radius 3 is 2.37 bits per heavy atom. The van der Waals surface area contributed by atoms with Gasteiger partial charge in [-0.1, -0.05) is 42.5 Å². The number of H-pyrrole nitrogens is 1. The Morgan fingerprint density at radius 1 is 1.00 bits per heavy atom. The van der Waals surface area contributed by atoms with Crippen LogP contribution in [0.5, 0.6) is 5.88 Å². The SMILES string of the molecule is NC(N)=NCCCc1[nH]c(=O)n(CC(=O)N[C@@H](CC(=O)O)C(=O)N[C@@H](Cc2ccc3ccccc3c2)C(=O)O)c1O. The van der Waals surface area contributed by atoms with Gasteiger partial charge in [0.25, 0.3) is 0 Å². The first kappa shape index (κ1) is 30.2. The van der Waals surface area contributed by atoms with Crippen LogP contribution in [0.2, 0.25) is 0 Å². The monoisotopic (exact) mass is 569 g/mol. The summed E-state index contributed by atoms with van der Waals surface area (Å²) in [6, 6.07) is 9.68. The van der Waals surface area contributed by atoms with Gasteiger partial charge in [-0.25, -0.2) is 9.59 Å². The highest BCUT2D eigenvalue weighted by Gasteiger charge is 2.29. The van der Waals surface area contributed by atoms with Crippen LogP contribution in [-0.4, -0.2) is 73.2 Å². The van der Waals surface area contributed by atoms with E-state index in [9.17, 15) is 39.3 Å². The average Bonchev–Trinajstić information content (AvgIpc) is 3.17.